The number of thiophene rings is 1. The minimum atomic E-state index is 1.33. The molecule has 0 spiro atoms. The van der Waals surface area contributed by atoms with Crippen LogP contribution in [0.2, 0.25) is 0 Å². The van der Waals surface area contributed by atoms with Crippen LogP contribution in [0.15, 0.2) is 29.6 Å². The molecule has 0 radical (unpaired) electrons. The number of nitrogens with zero attached hydrogens (tertiary/aromatic N) is 1. The molecule has 0 aliphatic rings. The molecule has 2 heteroatoms. The van der Waals surface area contributed by atoms with Crippen molar-refractivity contribution in [1.82, 2.24) is 4.57 Å². The quantitative estimate of drug-likeness (QED) is 0.522. The zero-order valence-electron chi connectivity index (χ0n) is 8.24. The van der Waals surface area contributed by atoms with Gasteiger partial charge in [0, 0.05) is 23.3 Å². The van der Waals surface area contributed by atoms with Crippen molar-refractivity contribution in [3.8, 4) is 0 Å². The van der Waals surface area contributed by atoms with Crippen LogP contribution in [0.3, 0.4) is 0 Å². The Balaban J connectivity index is 2.65. The summed E-state index contributed by atoms with van der Waals surface area (Å²) < 4.78 is 2.27. The molecule has 2 aromatic heterocycles. The third-order valence-electron chi connectivity index (χ3n) is 2.75. The molecule has 0 unspecified atom stereocenters. The fraction of sp³-hybridized carbons (Fsp3) is 0.167. The number of rotatable bonds is 0. The minimum absolute atomic E-state index is 1.33. The summed E-state index contributed by atoms with van der Waals surface area (Å²) in [4.78, 5) is 1.37. The third-order valence-corrected chi connectivity index (χ3v) is 3.74. The molecule has 0 atom stereocenters. The second-order valence-electron chi connectivity index (χ2n) is 3.72. The van der Waals surface area contributed by atoms with E-state index in [0.29, 0.717) is 0 Å². The van der Waals surface area contributed by atoms with E-state index < -0.39 is 0 Å². The second-order valence-corrected chi connectivity index (χ2v) is 4.61. The highest BCUT2D eigenvalue weighted by molar-refractivity contribution is 7.17. The smallest absolute Gasteiger partial charge is 0.103 e. The van der Waals surface area contributed by atoms with E-state index in [1.807, 2.05) is 11.3 Å². The first-order chi connectivity index (χ1) is 6.77. The van der Waals surface area contributed by atoms with Gasteiger partial charge in [0.1, 0.15) is 4.83 Å². The first-order valence-corrected chi connectivity index (χ1v) is 5.57. The van der Waals surface area contributed by atoms with Crippen LogP contribution in [0.5, 0.6) is 0 Å². The highest BCUT2D eigenvalue weighted by Crippen LogP contribution is 2.31. The van der Waals surface area contributed by atoms with Crippen LogP contribution in [0, 0.1) is 6.92 Å². The minimum Gasteiger partial charge on any atom is -0.335 e. The predicted octanol–water partition coefficient (Wildman–Crippen LogP) is 3.70. The summed E-state index contributed by atoms with van der Waals surface area (Å²) in [5, 5.41) is 4.92. The summed E-state index contributed by atoms with van der Waals surface area (Å²) in [5.41, 5.74) is 2.66. The summed E-state index contributed by atoms with van der Waals surface area (Å²) in [5.74, 6) is 0. The fourth-order valence-electron chi connectivity index (χ4n) is 2.03. The van der Waals surface area contributed by atoms with E-state index in [1.165, 1.54) is 26.7 Å². The lowest BCUT2D eigenvalue weighted by atomic mass is 10.1. The average molecular weight is 201 g/mol. The van der Waals surface area contributed by atoms with Crippen LogP contribution in [0.1, 0.15) is 5.56 Å². The molecule has 0 fully saturated rings. The van der Waals surface area contributed by atoms with Gasteiger partial charge < -0.3 is 4.57 Å². The Morgan fingerprint density at radius 1 is 1.14 bits per heavy atom. The maximum absolute atomic E-state index is 2.27. The largest absolute Gasteiger partial charge is 0.335 e. The maximum Gasteiger partial charge on any atom is 0.103 e. The van der Waals surface area contributed by atoms with Crippen LogP contribution in [-0.4, -0.2) is 4.57 Å². The van der Waals surface area contributed by atoms with Crippen molar-refractivity contribution < 1.29 is 0 Å². The lowest BCUT2D eigenvalue weighted by Gasteiger charge is -1.97. The van der Waals surface area contributed by atoms with E-state index in [1.54, 1.807) is 0 Å². The van der Waals surface area contributed by atoms with Crippen molar-refractivity contribution in [2.45, 2.75) is 6.92 Å². The Labute approximate surface area is 86.6 Å². The lowest BCUT2D eigenvalue weighted by Crippen LogP contribution is -1.84. The van der Waals surface area contributed by atoms with Gasteiger partial charge in [0.25, 0.3) is 0 Å². The Hall–Kier alpha value is -1.28. The summed E-state index contributed by atoms with van der Waals surface area (Å²) in [6.45, 7) is 2.14. The van der Waals surface area contributed by atoms with Crippen molar-refractivity contribution in [2.75, 3.05) is 0 Å². The van der Waals surface area contributed by atoms with Crippen molar-refractivity contribution in [3.63, 3.8) is 0 Å². The van der Waals surface area contributed by atoms with Gasteiger partial charge in [-0.15, -0.1) is 11.3 Å². The molecule has 14 heavy (non-hydrogen) atoms. The molecule has 1 nitrogen and oxygen atoms in total. The van der Waals surface area contributed by atoms with E-state index in [0.717, 1.165) is 0 Å². The van der Waals surface area contributed by atoms with Crippen molar-refractivity contribution in [1.29, 1.82) is 0 Å². The van der Waals surface area contributed by atoms with E-state index in [2.05, 4.69) is 48.2 Å². The molecule has 2 heterocycles. The van der Waals surface area contributed by atoms with Crippen LogP contribution in [0.25, 0.3) is 21.1 Å². The van der Waals surface area contributed by atoms with Gasteiger partial charge in [-0.3, -0.25) is 0 Å². The molecule has 3 rings (SSSR count). The molecule has 0 N–H and O–H groups in total. The van der Waals surface area contributed by atoms with Crippen LogP contribution in [-0.2, 0) is 7.05 Å². The van der Waals surface area contributed by atoms with E-state index in [4.69, 9.17) is 0 Å². The lowest BCUT2D eigenvalue weighted by molar-refractivity contribution is 1.02. The highest BCUT2D eigenvalue weighted by Gasteiger charge is 2.08. The van der Waals surface area contributed by atoms with Crippen molar-refractivity contribution in [3.05, 3.63) is 35.2 Å². The summed E-state index contributed by atoms with van der Waals surface area (Å²) in [6, 6.07) is 8.86. The van der Waals surface area contributed by atoms with Gasteiger partial charge in [-0.05, 0) is 30.5 Å². The van der Waals surface area contributed by atoms with Crippen LogP contribution in [0.4, 0.5) is 0 Å². The monoisotopic (exact) mass is 201 g/mol. The molecule has 0 amide bonds. The van der Waals surface area contributed by atoms with E-state index in [9.17, 15) is 0 Å². The zero-order valence-corrected chi connectivity index (χ0v) is 9.06. The molecular weight excluding hydrogens is 190 g/mol. The SMILES string of the molecule is Cc1ccc2c(c1)c1ccsc1n2C. The number of aromatic nitrogens is 1. The van der Waals surface area contributed by atoms with E-state index >= 15 is 0 Å². The molecule has 0 saturated heterocycles. The number of hydrogen-bond donors (Lipinski definition) is 0. The van der Waals surface area contributed by atoms with Gasteiger partial charge >= 0.3 is 0 Å². The molecule has 0 aliphatic heterocycles. The van der Waals surface area contributed by atoms with Gasteiger partial charge in [0.05, 0.1) is 0 Å². The van der Waals surface area contributed by atoms with Crippen LogP contribution >= 0.6 is 11.3 Å². The highest BCUT2D eigenvalue weighted by atomic mass is 32.1. The van der Waals surface area contributed by atoms with Gasteiger partial charge in [-0.1, -0.05) is 11.6 Å². The van der Waals surface area contributed by atoms with Gasteiger partial charge in [-0.2, -0.15) is 0 Å². The molecule has 1 aromatic carbocycles. The first kappa shape index (κ1) is 8.06. The Morgan fingerprint density at radius 2 is 2.00 bits per heavy atom. The number of hydrogen-bond acceptors (Lipinski definition) is 1. The molecule has 0 saturated carbocycles. The topological polar surface area (TPSA) is 4.93 Å². The Bertz CT molecular complexity index is 616. The third kappa shape index (κ3) is 0.891. The molecule has 0 bridgehead atoms. The Kier molecular flexibility index (Phi) is 1.50. The zero-order chi connectivity index (χ0) is 9.71. The summed E-state index contributed by atoms with van der Waals surface area (Å²) in [7, 11) is 2.14. The van der Waals surface area contributed by atoms with E-state index in [-0.39, 0.29) is 0 Å². The molecular formula is C12H11NS. The summed E-state index contributed by atoms with van der Waals surface area (Å²) in [6.07, 6.45) is 0. The number of benzene rings is 1. The van der Waals surface area contributed by atoms with Crippen molar-refractivity contribution >= 4 is 32.5 Å². The summed E-state index contributed by atoms with van der Waals surface area (Å²) >= 11 is 1.81. The average Bonchev–Trinajstić information content (AvgIpc) is 2.71. The first-order valence-electron chi connectivity index (χ1n) is 4.69. The molecule has 3 aromatic rings. The Morgan fingerprint density at radius 3 is 2.86 bits per heavy atom. The molecule has 0 aliphatic carbocycles. The molecule has 70 valence electrons. The standard InChI is InChI=1S/C12H11NS/c1-8-3-4-11-10(7-8)9-5-6-14-12(9)13(11)2/h3-7H,1-2H3. The fourth-order valence-corrected chi connectivity index (χ4v) is 2.93. The van der Waals surface area contributed by atoms with Crippen molar-refractivity contribution in [2.24, 2.45) is 7.05 Å². The predicted molar refractivity (Wildman–Crippen MR) is 63.0 cm³/mol. The normalized spacial score (nSPS) is 11.6. The second kappa shape index (κ2) is 2.61. The number of aryl methyl sites for hydroxylation is 2. The van der Waals surface area contributed by atoms with Crippen LogP contribution < -0.4 is 0 Å². The van der Waals surface area contributed by atoms with Gasteiger partial charge in [0.15, 0.2) is 0 Å². The van der Waals surface area contributed by atoms with Gasteiger partial charge in [-0.25, -0.2) is 0 Å². The maximum atomic E-state index is 2.27. The van der Waals surface area contributed by atoms with Gasteiger partial charge in [0.2, 0.25) is 0 Å². The number of fused-ring (bicyclic) bond motifs is 3.